The smallest absolute Gasteiger partial charge is 0.0474 e. The van der Waals surface area contributed by atoms with Crippen LogP contribution in [0.1, 0.15) is 30.0 Å². The zero-order valence-corrected chi connectivity index (χ0v) is 9.85. The van der Waals surface area contributed by atoms with E-state index in [0.29, 0.717) is 5.92 Å². The van der Waals surface area contributed by atoms with Crippen LogP contribution in [-0.2, 0) is 6.42 Å². The van der Waals surface area contributed by atoms with Gasteiger partial charge in [-0.05, 0) is 49.4 Å². The first-order valence-electron chi connectivity index (χ1n) is 5.79. The predicted octanol–water partition coefficient (Wildman–Crippen LogP) is 3.20. The maximum absolute atomic E-state index is 6.01. The average Bonchev–Trinajstić information content (AvgIpc) is 2.65. The highest BCUT2D eigenvalue weighted by atomic mass is 35.5. The van der Waals surface area contributed by atoms with Crippen LogP contribution in [0.15, 0.2) is 18.2 Å². The molecule has 1 aromatic heterocycles. The highest BCUT2D eigenvalue weighted by Gasteiger charge is 2.23. The molecule has 3 rings (SSSR count). The molecule has 0 bridgehead atoms. The average molecular weight is 235 g/mol. The number of H-pyrrole nitrogens is 1. The topological polar surface area (TPSA) is 41.8 Å². The van der Waals surface area contributed by atoms with Crippen LogP contribution < -0.4 is 5.73 Å². The standard InChI is InChI=1S/C13H15ClN2/c14-9-4-5-10-12(6-9)16-11-3-1-2-8(7-15)13(10)11/h4-6,8,16H,1-3,7,15H2. The number of aromatic amines is 1. The number of fused-ring (bicyclic) bond motifs is 3. The first kappa shape index (κ1) is 10.2. The molecule has 0 saturated carbocycles. The van der Waals surface area contributed by atoms with E-state index in [1.165, 1.54) is 29.5 Å². The lowest BCUT2D eigenvalue weighted by molar-refractivity contribution is 0.560. The second-order valence-corrected chi connectivity index (χ2v) is 4.97. The molecular formula is C13H15ClN2. The lowest BCUT2D eigenvalue weighted by Gasteiger charge is -2.21. The van der Waals surface area contributed by atoms with Gasteiger partial charge in [0, 0.05) is 21.6 Å². The maximum atomic E-state index is 6.01. The number of aromatic nitrogens is 1. The quantitative estimate of drug-likeness (QED) is 0.782. The largest absolute Gasteiger partial charge is 0.358 e. The Kier molecular flexibility index (Phi) is 2.41. The molecule has 2 nitrogen and oxygen atoms in total. The molecule has 0 saturated heterocycles. The van der Waals surface area contributed by atoms with Crippen molar-refractivity contribution in [3.05, 3.63) is 34.5 Å². The van der Waals surface area contributed by atoms with Crippen molar-refractivity contribution in [3.63, 3.8) is 0 Å². The van der Waals surface area contributed by atoms with Gasteiger partial charge in [0.15, 0.2) is 0 Å². The fourth-order valence-electron chi connectivity index (χ4n) is 2.82. The number of nitrogens with one attached hydrogen (secondary N) is 1. The fourth-order valence-corrected chi connectivity index (χ4v) is 2.99. The zero-order chi connectivity index (χ0) is 11.1. The minimum Gasteiger partial charge on any atom is -0.358 e. The summed E-state index contributed by atoms with van der Waals surface area (Å²) in [4.78, 5) is 3.48. The second-order valence-electron chi connectivity index (χ2n) is 4.53. The van der Waals surface area contributed by atoms with Crippen molar-refractivity contribution >= 4 is 22.5 Å². The van der Waals surface area contributed by atoms with Crippen molar-refractivity contribution in [2.24, 2.45) is 5.73 Å². The molecule has 0 amide bonds. The van der Waals surface area contributed by atoms with E-state index >= 15 is 0 Å². The number of rotatable bonds is 1. The molecule has 16 heavy (non-hydrogen) atoms. The molecule has 1 aromatic carbocycles. The third kappa shape index (κ3) is 1.45. The van der Waals surface area contributed by atoms with Crippen LogP contribution in [0.25, 0.3) is 10.9 Å². The Hall–Kier alpha value is -0.990. The first-order valence-corrected chi connectivity index (χ1v) is 6.17. The van der Waals surface area contributed by atoms with Gasteiger partial charge in [0.1, 0.15) is 0 Å². The van der Waals surface area contributed by atoms with Gasteiger partial charge < -0.3 is 10.7 Å². The number of hydrogen-bond donors (Lipinski definition) is 2. The third-order valence-corrected chi connectivity index (χ3v) is 3.79. The van der Waals surface area contributed by atoms with E-state index in [1.54, 1.807) is 0 Å². The summed E-state index contributed by atoms with van der Waals surface area (Å²) in [5.41, 5.74) is 9.80. The Balaban J connectivity index is 2.26. The molecule has 1 atom stereocenters. The summed E-state index contributed by atoms with van der Waals surface area (Å²) in [7, 11) is 0. The number of benzene rings is 1. The van der Waals surface area contributed by atoms with Crippen LogP contribution in [0.5, 0.6) is 0 Å². The zero-order valence-electron chi connectivity index (χ0n) is 9.09. The second kappa shape index (κ2) is 3.79. The van der Waals surface area contributed by atoms with Gasteiger partial charge in [0.2, 0.25) is 0 Å². The Morgan fingerprint density at radius 2 is 2.31 bits per heavy atom. The maximum Gasteiger partial charge on any atom is 0.0474 e. The van der Waals surface area contributed by atoms with E-state index in [1.807, 2.05) is 12.1 Å². The molecule has 0 radical (unpaired) electrons. The van der Waals surface area contributed by atoms with Crippen LogP contribution in [0, 0.1) is 0 Å². The van der Waals surface area contributed by atoms with Gasteiger partial charge in [0.25, 0.3) is 0 Å². The molecule has 0 fully saturated rings. The molecule has 3 heteroatoms. The highest BCUT2D eigenvalue weighted by molar-refractivity contribution is 6.31. The summed E-state index contributed by atoms with van der Waals surface area (Å²) < 4.78 is 0. The summed E-state index contributed by atoms with van der Waals surface area (Å²) >= 11 is 6.01. The van der Waals surface area contributed by atoms with Crippen molar-refractivity contribution in [1.29, 1.82) is 0 Å². The minimum absolute atomic E-state index is 0.513. The van der Waals surface area contributed by atoms with Crippen LogP contribution in [-0.4, -0.2) is 11.5 Å². The van der Waals surface area contributed by atoms with Crippen LogP contribution >= 0.6 is 11.6 Å². The molecule has 1 aliphatic rings. The van der Waals surface area contributed by atoms with Crippen molar-refractivity contribution < 1.29 is 0 Å². The molecule has 0 aliphatic heterocycles. The summed E-state index contributed by atoms with van der Waals surface area (Å²) in [5.74, 6) is 0.513. The molecular weight excluding hydrogens is 220 g/mol. The van der Waals surface area contributed by atoms with E-state index in [-0.39, 0.29) is 0 Å². The van der Waals surface area contributed by atoms with Gasteiger partial charge in [-0.3, -0.25) is 0 Å². The Bertz CT molecular complexity index is 530. The Labute approximate surface area is 99.8 Å². The van der Waals surface area contributed by atoms with Crippen molar-refractivity contribution in [2.45, 2.75) is 25.2 Å². The molecule has 3 N–H and O–H groups in total. The normalized spacial score (nSPS) is 20.0. The van der Waals surface area contributed by atoms with Gasteiger partial charge in [-0.15, -0.1) is 0 Å². The highest BCUT2D eigenvalue weighted by Crippen LogP contribution is 2.37. The molecule has 2 aromatic rings. The van der Waals surface area contributed by atoms with E-state index in [9.17, 15) is 0 Å². The first-order chi connectivity index (χ1) is 7.79. The Morgan fingerprint density at radius 1 is 1.44 bits per heavy atom. The molecule has 1 heterocycles. The fraction of sp³-hybridized carbons (Fsp3) is 0.385. The van der Waals surface area contributed by atoms with E-state index in [4.69, 9.17) is 17.3 Å². The van der Waals surface area contributed by atoms with E-state index in [2.05, 4.69) is 11.1 Å². The van der Waals surface area contributed by atoms with Crippen molar-refractivity contribution in [3.8, 4) is 0 Å². The van der Waals surface area contributed by atoms with Gasteiger partial charge in [-0.2, -0.15) is 0 Å². The molecule has 1 unspecified atom stereocenters. The lowest BCUT2D eigenvalue weighted by Crippen LogP contribution is -2.17. The number of aryl methyl sites for hydroxylation is 1. The van der Waals surface area contributed by atoms with Gasteiger partial charge in [-0.1, -0.05) is 17.7 Å². The summed E-state index contributed by atoms with van der Waals surface area (Å²) in [5, 5.41) is 2.09. The van der Waals surface area contributed by atoms with Crippen molar-refractivity contribution in [1.82, 2.24) is 4.98 Å². The van der Waals surface area contributed by atoms with E-state index in [0.717, 1.165) is 23.5 Å². The number of hydrogen-bond acceptors (Lipinski definition) is 1. The SMILES string of the molecule is NCC1CCCc2[nH]c3cc(Cl)ccc3c21. The van der Waals surface area contributed by atoms with Gasteiger partial charge in [-0.25, -0.2) is 0 Å². The van der Waals surface area contributed by atoms with Gasteiger partial charge >= 0.3 is 0 Å². The summed E-state index contributed by atoms with van der Waals surface area (Å²) in [6.45, 7) is 0.739. The molecule has 84 valence electrons. The lowest BCUT2D eigenvalue weighted by atomic mass is 9.85. The van der Waals surface area contributed by atoms with Crippen molar-refractivity contribution in [2.75, 3.05) is 6.54 Å². The number of nitrogens with two attached hydrogens (primary N) is 1. The van der Waals surface area contributed by atoms with Crippen LogP contribution in [0.2, 0.25) is 5.02 Å². The predicted molar refractivity (Wildman–Crippen MR) is 68.0 cm³/mol. The minimum atomic E-state index is 0.513. The molecule has 1 aliphatic carbocycles. The van der Waals surface area contributed by atoms with Crippen LogP contribution in [0.3, 0.4) is 0 Å². The monoisotopic (exact) mass is 234 g/mol. The Morgan fingerprint density at radius 3 is 3.12 bits per heavy atom. The van der Waals surface area contributed by atoms with Crippen LogP contribution in [0.4, 0.5) is 0 Å². The van der Waals surface area contributed by atoms with E-state index < -0.39 is 0 Å². The molecule has 0 spiro atoms. The third-order valence-electron chi connectivity index (χ3n) is 3.55. The number of halogens is 1. The van der Waals surface area contributed by atoms with Gasteiger partial charge in [0.05, 0.1) is 0 Å². The summed E-state index contributed by atoms with van der Waals surface area (Å²) in [6.07, 6.45) is 3.58. The summed E-state index contributed by atoms with van der Waals surface area (Å²) in [6, 6.07) is 6.07.